The molecule has 0 saturated heterocycles. The van der Waals surface area contributed by atoms with E-state index in [1.54, 1.807) is 12.0 Å². The summed E-state index contributed by atoms with van der Waals surface area (Å²) >= 11 is 7.81. The van der Waals surface area contributed by atoms with E-state index in [2.05, 4.69) is 5.32 Å². The van der Waals surface area contributed by atoms with Gasteiger partial charge in [-0.25, -0.2) is 0 Å². The standard InChI is InChI=1S/C30H35ClN2O3S/c1-4-22(2)32-30(35)28(18-23-11-6-5-7-12-23)33(19-24-13-10-15-26(17-24)36-3)29(34)21-37-20-25-14-8-9-16-27(25)31/h5-17,22,28H,4,18-21H2,1-3H3,(H,32,35)/t22-,28+/m0/s1. The molecule has 0 saturated carbocycles. The summed E-state index contributed by atoms with van der Waals surface area (Å²) in [6.45, 7) is 4.31. The monoisotopic (exact) mass is 538 g/mol. The minimum Gasteiger partial charge on any atom is -0.497 e. The van der Waals surface area contributed by atoms with Gasteiger partial charge in [0, 0.05) is 29.8 Å². The molecule has 3 rings (SSSR count). The number of halogens is 1. The minimum atomic E-state index is -0.656. The van der Waals surface area contributed by atoms with Gasteiger partial charge < -0.3 is 15.0 Å². The van der Waals surface area contributed by atoms with Crippen LogP contribution in [0.15, 0.2) is 78.9 Å². The summed E-state index contributed by atoms with van der Waals surface area (Å²) in [4.78, 5) is 29.0. The van der Waals surface area contributed by atoms with Crippen LogP contribution in [0.4, 0.5) is 0 Å². The topological polar surface area (TPSA) is 58.6 Å². The van der Waals surface area contributed by atoms with Crippen LogP contribution in [-0.2, 0) is 28.3 Å². The Balaban J connectivity index is 1.88. The third-order valence-corrected chi connectivity index (χ3v) is 7.54. The summed E-state index contributed by atoms with van der Waals surface area (Å²) in [6.07, 6.45) is 1.23. The van der Waals surface area contributed by atoms with Crippen molar-refractivity contribution in [1.82, 2.24) is 10.2 Å². The van der Waals surface area contributed by atoms with Gasteiger partial charge in [-0.3, -0.25) is 9.59 Å². The summed E-state index contributed by atoms with van der Waals surface area (Å²) < 4.78 is 5.39. The van der Waals surface area contributed by atoms with Crippen LogP contribution in [0.2, 0.25) is 5.02 Å². The molecule has 3 aromatic carbocycles. The van der Waals surface area contributed by atoms with E-state index in [9.17, 15) is 9.59 Å². The van der Waals surface area contributed by atoms with Crippen LogP contribution in [0.3, 0.4) is 0 Å². The number of nitrogens with zero attached hydrogens (tertiary/aromatic N) is 1. The number of rotatable bonds is 13. The lowest BCUT2D eigenvalue weighted by Crippen LogP contribution is -2.52. The van der Waals surface area contributed by atoms with Crippen LogP contribution < -0.4 is 10.1 Å². The molecule has 0 aliphatic carbocycles. The van der Waals surface area contributed by atoms with Crippen molar-refractivity contribution in [2.24, 2.45) is 0 Å². The number of methoxy groups -OCH3 is 1. The van der Waals surface area contributed by atoms with Gasteiger partial charge >= 0.3 is 0 Å². The van der Waals surface area contributed by atoms with Crippen LogP contribution >= 0.6 is 23.4 Å². The zero-order valence-electron chi connectivity index (χ0n) is 21.7. The van der Waals surface area contributed by atoms with Crippen molar-refractivity contribution in [2.45, 2.75) is 51.1 Å². The van der Waals surface area contributed by atoms with Crippen LogP contribution in [-0.4, -0.2) is 41.7 Å². The van der Waals surface area contributed by atoms with Crippen molar-refractivity contribution in [1.29, 1.82) is 0 Å². The molecule has 1 N–H and O–H groups in total. The molecular formula is C30H35ClN2O3S. The van der Waals surface area contributed by atoms with Crippen LogP contribution in [0.25, 0.3) is 0 Å². The molecule has 7 heteroatoms. The first-order valence-corrected chi connectivity index (χ1v) is 14.0. The van der Waals surface area contributed by atoms with Crippen molar-refractivity contribution in [3.05, 3.63) is 101 Å². The second-order valence-electron chi connectivity index (χ2n) is 8.98. The maximum absolute atomic E-state index is 13.7. The second kappa shape index (κ2) is 14.7. The van der Waals surface area contributed by atoms with Gasteiger partial charge in [0.1, 0.15) is 11.8 Å². The third kappa shape index (κ3) is 8.83. The predicted molar refractivity (Wildman–Crippen MR) is 153 cm³/mol. The molecule has 5 nitrogen and oxygen atoms in total. The SMILES string of the molecule is CC[C@H](C)NC(=O)[C@@H](Cc1ccccc1)N(Cc1cccc(OC)c1)C(=O)CSCc1ccccc1Cl. The molecule has 2 amide bonds. The number of hydrogen-bond donors (Lipinski definition) is 1. The van der Waals surface area contributed by atoms with Crippen molar-refractivity contribution in [3.8, 4) is 5.75 Å². The molecule has 0 radical (unpaired) electrons. The fourth-order valence-electron chi connectivity index (χ4n) is 3.91. The summed E-state index contributed by atoms with van der Waals surface area (Å²) in [5.41, 5.74) is 2.88. The summed E-state index contributed by atoms with van der Waals surface area (Å²) in [5.74, 6) is 1.31. The molecule has 37 heavy (non-hydrogen) atoms. The van der Waals surface area contributed by atoms with E-state index in [1.165, 1.54) is 11.8 Å². The highest BCUT2D eigenvalue weighted by molar-refractivity contribution is 7.99. The molecule has 0 unspecified atom stereocenters. The smallest absolute Gasteiger partial charge is 0.243 e. The Morgan fingerprint density at radius 2 is 1.70 bits per heavy atom. The van der Waals surface area contributed by atoms with E-state index in [4.69, 9.17) is 16.3 Å². The number of hydrogen-bond acceptors (Lipinski definition) is 4. The molecule has 0 spiro atoms. The Hall–Kier alpha value is -2.96. The van der Waals surface area contributed by atoms with E-state index in [0.717, 1.165) is 23.1 Å². The first-order chi connectivity index (χ1) is 17.9. The Morgan fingerprint density at radius 1 is 1.00 bits per heavy atom. The minimum absolute atomic E-state index is 0.00847. The number of carbonyl (C=O) groups is 2. The van der Waals surface area contributed by atoms with E-state index < -0.39 is 6.04 Å². The van der Waals surface area contributed by atoms with E-state index in [-0.39, 0.29) is 23.6 Å². The summed E-state index contributed by atoms with van der Waals surface area (Å²) in [6, 6.07) is 24.4. The maximum atomic E-state index is 13.7. The average molecular weight is 539 g/mol. The molecule has 3 aromatic rings. The number of amides is 2. The molecule has 0 heterocycles. The fraction of sp³-hybridized carbons (Fsp3) is 0.333. The van der Waals surface area contributed by atoms with Gasteiger partial charge in [-0.1, -0.05) is 79.2 Å². The number of ether oxygens (including phenoxy) is 1. The van der Waals surface area contributed by atoms with Crippen molar-refractivity contribution < 1.29 is 14.3 Å². The highest BCUT2D eigenvalue weighted by atomic mass is 35.5. The molecule has 0 aromatic heterocycles. The summed E-state index contributed by atoms with van der Waals surface area (Å²) in [7, 11) is 1.62. The highest BCUT2D eigenvalue weighted by Crippen LogP contribution is 2.23. The van der Waals surface area contributed by atoms with E-state index in [0.29, 0.717) is 29.5 Å². The van der Waals surface area contributed by atoms with Gasteiger partial charge in [0.2, 0.25) is 11.8 Å². The Bertz CT molecular complexity index is 1160. The predicted octanol–water partition coefficient (Wildman–Crippen LogP) is 6.14. The maximum Gasteiger partial charge on any atom is 0.243 e. The lowest BCUT2D eigenvalue weighted by Gasteiger charge is -2.32. The lowest BCUT2D eigenvalue weighted by atomic mass is 10.0. The molecule has 0 bridgehead atoms. The number of carbonyl (C=O) groups excluding carboxylic acids is 2. The quantitative estimate of drug-likeness (QED) is 0.284. The Kier molecular flexibility index (Phi) is 11.4. The number of nitrogens with one attached hydrogen (secondary N) is 1. The van der Waals surface area contributed by atoms with Gasteiger partial charge in [-0.2, -0.15) is 0 Å². The Morgan fingerprint density at radius 3 is 2.41 bits per heavy atom. The van der Waals surface area contributed by atoms with Gasteiger partial charge in [0.05, 0.1) is 12.9 Å². The first-order valence-electron chi connectivity index (χ1n) is 12.5. The largest absolute Gasteiger partial charge is 0.497 e. The Labute approximate surface area is 229 Å². The normalized spacial score (nSPS) is 12.4. The van der Waals surface area contributed by atoms with Gasteiger partial charge in [0.15, 0.2) is 0 Å². The third-order valence-electron chi connectivity index (χ3n) is 6.20. The molecule has 196 valence electrons. The highest BCUT2D eigenvalue weighted by Gasteiger charge is 2.31. The first kappa shape index (κ1) is 28.6. The lowest BCUT2D eigenvalue weighted by molar-refractivity contribution is -0.139. The number of benzene rings is 3. The zero-order chi connectivity index (χ0) is 26.6. The van der Waals surface area contributed by atoms with Gasteiger partial charge in [-0.15, -0.1) is 11.8 Å². The van der Waals surface area contributed by atoms with Gasteiger partial charge in [0.25, 0.3) is 0 Å². The molecular weight excluding hydrogens is 504 g/mol. The van der Waals surface area contributed by atoms with Crippen molar-refractivity contribution >= 4 is 35.2 Å². The van der Waals surface area contributed by atoms with E-state index >= 15 is 0 Å². The zero-order valence-corrected chi connectivity index (χ0v) is 23.2. The van der Waals surface area contributed by atoms with Crippen LogP contribution in [0.1, 0.15) is 37.0 Å². The average Bonchev–Trinajstić information content (AvgIpc) is 2.92. The number of thioether (sulfide) groups is 1. The fourth-order valence-corrected chi connectivity index (χ4v) is 5.11. The second-order valence-corrected chi connectivity index (χ2v) is 10.4. The van der Waals surface area contributed by atoms with Crippen molar-refractivity contribution in [3.63, 3.8) is 0 Å². The molecule has 0 aliphatic rings. The van der Waals surface area contributed by atoms with E-state index in [1.807, 2.05) is 92.7 Å². The van der Waals surface area contributed by atoms with Gasteiger partial charge in [-0.05, 0) is 48.2 Å². The van der Waals surface area contributed by atoms with Crippen LogP contribution in [0.5, 0.6) is 5.75 Å². The molecule has 2 atom stereocenters. The van der Waals surface area contributed by atoms with Crippen LogP contribution in [0, 0.1) is 0 Å². The van der Waals surface area contributed by atoms with Crippen molar-refractivity contribution in [2.75, 3.05) is 12.9 Å². The molecule has 0 aliphatic heterocycles. The molecule has 0 fully saturated rings. The summed E-state index contributed by atoms with van der Waals surface area (Å²) in [5, 5.41) is 3.79.